The van der Waals surface area contributed by atoms with Gasteiger partial charge in [0.05, 0.1) is 6.61 Å². The lowest BCUT2D eigenvalue weighted by Crippen LogP contribution is -2.29. The first kappa shape index (κ1) is 17.8. The lowest BCUT2D eigenvalue weighted by Gasteiger charge is -2.13. The maximum Gasteiger partial charge on any atom is 0.351 e. The Morgan fingerprint density at radius 1 is 1.31 bits per heavy atom. The molecule has 1 fully saturated rings. The quantitative estimate of drug-likeness (QED) is 0.791. The third kappa shape index (κ3) is 4.32. The molecule has 9 heteroatoms. The van der Waals surface area contributed by atoms with Gasteiger partial charge in [0.25, 0.3) is 5.91 Å². The topological polar surface area (TPSA) is 109 Å². The molecule has 2 aromatic rings. The van der Waals surface area contributed by atoms with Crippen molar-refractivity contribution in [1.82, 2.24) is 9.55 Å². The van der Waals surface area contributed by atoms with E-state index in [-0.39, 0.29) is 24.9 Å². The van der Waals surface area contributed by atoms with Gasteiger partial charge < -0.3 is 19.5 Å². The number of carbonyl (C=O) groups excluding carboxylic acids is 2. The number of benzene rings is 1. The molecule has 1 aliphatic rings. The van der Waals surface area contributed by atoms with Crippen LogP contribution in [0, 0.1) is 0 Å². The van der Waals surface area contributed by atoms with Crippen molar-refractivity contribution in [1.29, 1.82) is 0 Å². The highest BCUT2D eigenvalue weighted by atomic mass is 16.7. The number of ether oxygens (including phenoxy) is 3. The molecule has 0 aliphatic carbocycles. The monoisotopic (exact) mass is 359 g/mol. The fourth-order valence-electron chi connectivity index (χ4n) is 2.34. The van der Waals surface area contributed by atoms with E-state index in [1.807, 2.05) is 0 Å². The summed E-state index contributed by atoms with van der Waals surface area (Å²) in [4.78, 5) is 38.9. The van der Waals surface area contributed by atoms with Crippen LogP contribution in [0.5, 0.6) is 0 Å². The second-order valence-electron chi connectivity index (χ2n) is 5.48. The summed E-state index contributed by atoms with van der Waals surface area (Å²) < 4.78 is 16.9. The molecule has 1 saturated heterocycles. The zero-order valence-electron chi connectivity index (χ0n) is 14.0. The molecule has 26 heavy (non-hydrogen) atoms. The number of carbonyl (C=O) groups is 2. The van der Waals surface area contributed by atoms with Crippen LogP contribution in [0.15, 0.2) is 47.4 Å². The Hall–Kier alpha value is -3.04. The fraction of sp³-hybridized carbons (Fsp3) is 0.294. The van der Waals surface area contributed by atoms with Gasteiger partial charge in [-0.05, 0) is 18.2 Å². The second-order valence-corrected chi connectivity index (χ2v) is 5.48. The van der Waals surface area contributed by atoms with Crippen molar-refractivity contribution in [3.63, 3.8) is 0 Å². The molecule has 0 bridgehead atoms. The number of hydrogen-bond acceptors (Lipinski definition) is 7. The minimum Gasteiger partial charge on any atom is -0.460 e. The third-order valence-electron chi connectivity index (χ3n) is 3.57. The molecule has 3 rings (SSSR count). The zero-order valence-corrected chi connectivity index (χ0v) is 14.0. The summed E-state index contributed by atoms with van der Waals surface area (Å²) in [7, 11) is 0. The maximum absolute atomic E-state index is 12.2. The average Bonchev–Trinajstić information content (AvgIpc) is 3.09. The van der Waals surface area contributed by atoms with E-state index in [2.05, 4.69) is 10.3 Å². The van der Waals surface area contributed by atoms with Crippen molar-refractivity contribution in [2.75, 3.05) is 18.5 Å². The van der Waals surface area contributed by atoms with E-state index < -0.39 is 24.2 Å². The van der Waals surface area contributed by atoms with E-state index in [9.17, 15) is 14.4 Å². The van der Waals surface area contributed by atoms with Crippen LogP contribution >= 0.6 is 0 Å². The van der Waals surface area contributed by atoms with Crippen LogP contribution < -0.4 is 11.0 Å². The predicted octanol–water partition coefficient (Wildman–Crippen LogP) is 0.930. The smallest absolute Gasteiger partial charge is 0.351 e. The van der Waals surface area contributed by atoms with Gasteiger partial charge in [-0.15, -0.1) is 0 Å². The molecular weight excluding hydrogens is 342 g/mol. The molecule has 0 unspecified atom stereocenters. The molecular formula is C17H17N3O6. The Balaban J connectivity index is 1.64. The summed E-state index contributed by atoms with van der Waals surface area (Å²) in [5, 5.41) is 2.57. The molecule has 1 N–H and O–H groups in total. The number of nitrogens with one attached hydrogen (secondary N) is 1. The number of esters is 1. The Morgan fingerprint density at radius 3 is 2.77 bits per heavy atom. The summed E-state index contributed by atoms with van der Waals surface area (Å²) in [6.07, 6.45) is 0.0285. The van der Waals surface area contributed by atoms with Crippen molar-refractivity contribution in [2.45, 2.75) is 19.4 Å². The van der Waals surface area contributed by atoms with E-state index in [1.165, 1.54) is 23.8 Å². The zero-order chi connectivity index (χ0) is 18.5. The normalized spacial score (nSPS) is 19.1. The Morgan fingerprint density at radius 2 is 2.08 bits per heavy atom. The van der Waals surface area contributed by atoms with Gasteiger partial charge in [-0.3, -0.25) is 14.2 Å². The van der Waals surface area contributed by atoms with Crippen LogP contribution in [-0.4, -0.2) is 40.9 Å². The standard InChI is InChI=1S/C17H17N3O6/c1-11(21)24-10-15-25-9-14(26-15)20-8-7-13(19-17(20)23)18-16(22)12-5-3-2-4-6-12/h2-8,14-15H,9-10H2,1H3,(H,18,19,22,23)/t14-,15+/m1/s1. The molecule has 9 nitrogen and oxygen atoms in total. The molecule has 1 aliphatic heterocycles. The number of amides is 1. The summed E-state index contributed by atoms with van der Waals surface area (Å²) in [6.45, 7) is 1.34. The number of rotatable bonds is 5. The second kappa shape index (κ2) is 7.89. The van der Waals surface area contributed by atoms with Crippen LogP contribution in [0.3, 0.4) is 0 Å². The molecule has 1 aromatic heterocycles. The maximum atomic E-state index is 12.2. The molecule has 2 heterocycles. The van der Waals surface area contributed by atoms with E-state index >= 15 is 0 Å². The van der Waals surface area contributed by atoms with Crippen molar-refractivity contribution < 1.29 is 23.8 Å². The van der Waals surface area contributed by atoms with Crippen LogP contribution in [-0.2, 0) is 19.0 Å². The Labute approximate surface area is 148 Å². The Kier molecular flexibility index (Phi) is 5.40. The fourth-order valence-corrected chi connectivity index (χ4v) is 2.34. The van der Waals surface area contributed by atoms with Gasteiger partial charge in [0, 0.05) is 18.7 Å². The minimum atomic E-state index is -0.742. The van der Waals surface area contributed by atoms with Crippen LogP contribution in [0.25, 0.3) is 0 Å². The molecule has 0 radical (unpaired) electrons. The molecule has 2 atom stereocenters. The molecule has 136 valence electrons. The molecule has 1 amide bonds. The first-order valence-corrected chi connectivity index (χ1v) is 7.89. The van der Waals surface area contributed by atoms with E-state index in [0.717, 1.165) is 0 Å². The van der Waals surface area contributed by atoms with Gasteiger partial charge >= 0.3 is 11.7 Å². The van der Waals surface area contributed by atoms with E-state index in [1.54, 1.807) is 30.3 Å². The van der Waals surface area contributed by atoms with E-state index in [4.69, 9.17) is 14.2 Å². The van der Waals surface area contributed by atoms with Crippen molar-refractivity contribution in [3.8, 4) is 0 Å². The third-order valence-corrected chi connectivity index (χ3v) is 3.57. The van der Waals surface area contributed by atoms with Gasteiger partial charge in [-0.2, -0.15) is 4.98 Å². The highest BCUT2D eigenvalue weighted by Gasteiger charge is 2.29. The number of nitrogens with zero attached hydrogens (tertiary/aromatic N) is 2. The lowest BCUT2D eigenvalue weighted by molar-refractivity contribution is -0.156. The van der Waals surface area contributed by atoms with Gasteiger partial charge in [-0.25, -0.2) is 4.79 Å². The SMILES string of the molecule is CC(=O)OC[C@H]1OC[C@H](n2ccc(NC(=O)c3ccccc3)nc2=O)O1. The van der Waals surface area contributed by atoms with E-state index in [0.29, 0.717) is 5.56 Å². The van der Waals surface area contributed by atoms with Gasteiger partial charge in [0.1, 0.15) is 12.4 Å². The molecule has 1 aromatic carbocycles. The lowest BCUT2D eigenvalue weighted by atomic mass is 10.2. The number of aromatic nitrogens is 2. The number of anilines is 1. The summed E-state index contributed by atoms with van der Waals surface area (Å²) in [5.41, 5.74) is -0.142. The summed E-state index contributed by atoms with van der Waals surface area (Å²) in [5.74, 6) is -0.675. The van der Waals surface area contributed by atoms with Crippen molar-refractivity contribution in [2.24, 2.45) is 0 Å². The molecule has 0 saturated carbocycles. The minimum absolute atomic E-state index is 0.0563. The van der Waals surface area contributed by atoms with Gasteiger partial charge in [-0.1, -0.05) is 18.2 Å². The highest BCUT2D eigenvalue weighted by Crippen LogP contribution is 2.20. The van der Waals surface area contributed by atoms with Gasteiger partial charge in [0.15, 0.2) is 12.5 Å². The highest BCUT2D eigenvalue weighted by molar-refractivity contribution is 6.03. The van der Waals surface area contributed by atoms with Gasteiger partial charge in [0.2, 0.25) is 0 Å². The van der Waals surface area contributed by atoms with Crippen molar-refractivity contribution >= 4 is 17.7 Å². The van der Waals surface area contributed by atoms with Crippen LogP contribution in [0.4, 0.5) is 5.82 Å². The largest absolute Gasteiger partial charge is 0.460 e. The van der Waals surface area contributed by atoms with Crippen molar-refractivity contribution in [3.05, 3.63) is 58.6 Å². The summed E-state index contributed by atoms with van der Waals surface area (Å²) in [6, 6.07) is 10.1. The number of hydrogen-bond donors (Lipinski definition) is 1. The van der Waals surface area contributed by atoms with Crippen LogP contribution in [0.2, 0.25) is 0 Å². The summed E-state index contributed by atoms with van der Waals surface area (Å²) >= 11 is 0. The Bertz CT molecular complexity index is 851. The predicted molar refractivity (Wildman–Crippen MR) is 89.4 cm³/mol. The molecule has 0 spiro atoms. The first-order chi connectivity index (χ1) is 12.5. The van der Waals surface area contributed by atoms with Crippen LogP contribution in [0.1, 0.15) is 23.5 Å². The first-order valence-electron chi connectivity index (χ1n) is 7.89. The average molecular weight is 359 g/mol.